The summed E-state index contributed by atoms with van der Waals surface area (Å²) in [5.41, 5.74) is 2.21. The number of carbonyl (C=O) groups excluding carboxylic acids is 1. The predicted molar refractivity (Wildman–Crippen MR) is 59.9 cm³/mol. The Hall–Kier alpha value is -1.57. The van der Waals surface area contributed by atoms with Gasteiger partial charge in [0, 0.05) is 25.3 Å². The molecule has 0 unspecified atom stereocenters. The third-order valence-corrected chi connectivity index (χ3v) is 2.02. The third kappa shape index (κ3) is 2.02. The summed E-state index contributed by atoms with van der Waals surface area (Å²) in [7, 11) is 3.84. The second kappa shape index (κ2) is 4.09. The molecule has 2 heteroatoms. The number of para-hydroxylation sites is 1. The molecule has 14 heavy (non-hydrogen) atoms. The van der Waals surface area contributed by atoms with Crippen LogP contribution in [0.2, 0.25) is 0 Å². The summed E-state index contributed by atoms with van der Waals surface area (Å²) in [5, 5.41) is 0. The predicted octanol–water partition coefficient (Wildman–Crippen LogP) is 2.51. The highest BCUT2D eigenvalue weighted by Gasteiger charge is 2.11. The van der Waals surface area contributed by atoms with Crippen LogP contribution in [0.15, 0.2) is 36.4 Å². The van der Waals surface area contributed by atoms with E-state index in [1.807, 2.05) is 43.3 Å². The lowest BCUT2D eigenvalue weighted by Gasteiger charge is -2.16. The molecule has 0 N–H and O–H groups in total. The van der Waals surface area contributed by atoms with Crippen LogP contribution in [0, 0.1) is 0 Å². The van der Waals surface area contributed by atoms with Crippen molar-refractivity contribution in [2.75, 3.05) is 19.0 Å². The molecule has 0 saturated carbocycles. The lowest BCUT2D eigenvalue weighted by atomic mass is 10.0. The first kappa shape index (κ1) is 10.5. The van der Waals surface area contributed by atoms with Gasteiger partial charge in [0.25, 0.3) is 0 Å². The van der Waals surface area contributed by atoms with E-state index in [1.165, 1.54) is 0 Å². The first-order valence-electron chi connectivity index (χ1n) is 4.50. The maximum atomic E-state index is 11.7. The zero-order valence-electron chi connectivity index (χ0n) is 8.87. The van der Waals surface area contributed by atoms with Crippen LogP contribution in [-0.4, -0.2) is 19.9 Å². The molecule has 0 radical (unpaired) electrons. The molecule has 0 aromatic heterocycles. The number of nitrogens with zero attached hydrogens (tertiary/aromatic N) is 1. The minimum Gasteiger partial charge on any atom is -0.377 e. The number of allylic oxidation sites excluding steroid dienone is 1. The van der Waals surface area contributed by atoms with Gasteiger partial charge in [0.15, 0.2) is 5.78 Å². The molecule has 0 fully saturated rings. The standard InChI is InChI=1S/C12H15NO/c1-9(2)12(14)10-7-5-6-8-11(10)13(3)4/h5-8H,1H2,2-4H3. The molecule has 0 saturated heterocycles. The number of ketones is 1. The molecule has 1 aromatic carbocycles. The monoisotopic (exact) mass is 189 g/mol. The van der Waals surface area contributed by atoms with Crippen molar-refractivity contribution in [3.8, 4) is 0 Å². The molecule has 0 bridgehead atoms. The van der Waals surface area contributed by atoms with Gasteiger partial charge in [-0.25, -0.2) is 0 Å². The smallest absolute Gasteiger partial charge is 0.190 e. The van der Waals surface area contributed by atoms with E-state index < -0.39 is 0 Å². The van der Waals surface area contributed by atoms with E-state index >= 15 is 0 Å². The van der Waals surface area contributed by atoms with E-state index in [-0.39, 0.29) is 5.78 Å². The topological polar surface area (TPSA) is 20.3 Å². The molecule has 0 spiro atoms. The van der Waals surface area contributed by atoms with Crippen LogP contribution < -0.4 is 4.90 Å². The molecule has 0 atom stereocenters. The number of anilines is 1. The Bertz CT molecular complexity index is 366. The maximum Gasteiger partial charge on any atom is 0.190 e. The van der Waals surface area contributed by atoms with E-state index in [1.54, 1.807) is 6.92 Å². The number of benzene rings is 1. The number of hydrogen-bond donors (Lipinski definition) is 0. The molecule has 0 amide bonds. The number of Topliss-reactive ketones (excluding diaryl/α,β-unsaturated/α-hetero) is 1. The normalized spacial score (nSPS) is 9.64. The van der Waals surface area contributed by atoms with Gasteiger partial charge in [-0.05, 0) is 24.6 Å². The average Bonchev–Trinajstić information content (AvgIpc) is 2.16. The fourth-order valence-electron chi connectivity index (χ4n) is 1.29. The lowest BCUT2D eigenvalue weighted by Crippen LogP contribution is -2.14. The Balaban J connectivity index is 3.20. The van der Waals surface area contributed by atoms with Gasteiger partial charge in [0.05, 0.1) is 0 Å². The van der Waals surface area contributed by atoms with Crippen LogP contribution in [0.3, 0.4) is 0 Å². The van der Waals surface area contributed by atoms with Crippen molar-refractivity contribution in [1.82, 2.24) is 0 Å². The second-order valence-electron chi connectivity index (χ2n) is 3.52. The van der Waals surface area contributed by atoms with Gasteiger partial charge in [-0.1, -0.05) is 18.7 Å². The summed E-state index contributed by atoms with van der Waals surface area (Å²) in [6, 6.07) is 7.54. The molecule has 74 valence electrons. The van der Waals surface area contributed by atoms with Crippen LogP contribution in [0.25, 0.3) is 0 Å². The van der Waals surface area contributed by atoms with Crippen molar-refractivity contribution in [3.63, 3.8) is 0 Å². The van der Waals surface area contributed by atoms with Gasteiger partial charge >= 0.3 is 0 Å². The van der Waals surface area contributed by atoms with Gasteiger partial charge in [-0.15, -0.1) is 0 Å². The second-order valence-corrected chi connectivity index (χ2v) is 3.52. The van der Waals surface area contributed by atoms with Gasteiger partial charge in [-0.3, -0.25) is 4.79 Å². The van der Waals surface area contributed by atoms with Gasteiger partial charge in [0.2, 0.25) is 0 Å². The molecular formula is C12H15NO. The van der Waals surface area contributed by atoms with Crippen molar-refractivity contribution in [2.45, 2.75) is 6.92 Å². The fraction of sp³-hybridized carbons (Fsp3) is 0.250. The number of hydrogen-bond acceptors (Lipinski definition) is 2. The van der Waals surface area contributed by atoms with E-state index in [0.29, 0.717) is 11.1 Å². The van der Waals surface area contributed by atoms with Crippen LogP contribution in [0.4, 0.5) is 5.69 Å². The third-order valence-electron chi connectivity index (χ3n) is 2.02. The van der Waals surface area contributed by atoms with Crippen molar-refractivity contribution >= 4 is 11.5 Å². The Morgan fingerprint density at radius 3 is 2.36 bits per heavy atom. The molecular weight excluding hydrogens is 174 g/mol. The molecule has 1 aromatic rings. The maximum absolute atomic E-state index is 11.7. The molecule has 0 aliphatic carbocycles. The Morgan fingerprint density at radius 1 is 1.29 bits per heavy atom. The minimum absolute atomic E-state index is 0.00861. The van der Waals surface area contributed by atoms with Gasteiger partial charge in [0.1, 0.15) is 0 Å². The van der Waals surface area contributed by atoms with E-state index in [0.717, 1.165) is 5.69 Å². The van der Waals surface area contributed by atoms with E-state index in [4.69, 9.17) is 0 Å². The van der Waals surface area contributed by atoms with Crippen LogP contribution in [0.5, 0.6) is 0 Å². The zero-order chi connectivity index (χ0) is 10.7. The van der Waals surface area contributed by atoms with Gasteiger partial charge < -0.3 is 4.90 Å². The zero-order valence-corrected chi connectivity index (χ0v) is 8.87. The highest BCUT2D eigenvalue weighted by Crippen LogP contribution is 2.20. The summed E-state index contributed by atoms with van der Waals surface area (Å²) in [6.45, 7) is 5.39. The van der Waals surface area contributed by atoms with Crippen molar-refractivity contribution in [1.29, 1.82) is 0 Å². The van der Waals surface area contributed by atoms with Gasteiger partial charge in [-0.2, -0.15) is 0 Å². The fourth-order valence-corrected chi connectivity index (χ4v) is 1.29. The molecule has 1 rings (SSSR count). The number of rotatable bonds is 3. The van der Waals surface area contributed by atoms with Crippen LogP contribution in [-0.2, 0) is 0 Å². The molecule has 0 aliphatic heterocycles. The highest BCUT2D eigenvalue weighted by atomic mass is 16.1. The molecule has 0 heterocycles. The Morgan fingerprint density at radius 2 is 1.86 bits per heavy atom. The SMILES string of the molecule is C=C(C)C(=O)c1ccccc1N(C)C. The summed E-state index contributed by atoms with van der Waals surface area (Å²) in [5.74, 6) is 0.00861. The summed E-state index contributed by atoms with van der Waals surface area (Å²) in [6.07, 6.45) is 0. The highest BCUT2D eigenvalue weighted by molar-refractivity contribution is 6.11. The summed E-state index contributed by atoms with van der Waals surface area (Å²) in [4.78, 5) is 13.7. The first-order chi connectivity index (χ1) is 6.54. The lowest BCUT2D eigenvalue weighted by molar-refractivity contribution is 0.103. The molecule has 0 aliphatic rings. The molecule has 2 nitrogen and oxygen atoms in total. The number of carbonyl (C=O) groups is 1. The Kier molecular flexibility index (Phi) is 3.07. The summed E-state index contributed by atoms with van der Waals surface area (Å²) < 4.78 is 0. The minimum atomic E-state index is 0.00861. The largest absolute Gasteiger partial charge is 0.377 e. The van der Waals surface area contributed by atoms with Crippen molar-refractivity contribution in [3.05, 3.63) is 42.0 Å². The average molecular weight is 189 g/mol. The van der Waals surface area contributed by atoms with E-state index in [9.17, 15) is 4.79 Å². The van der Waals surface area contributed by atoms with Crippen molar-refractivity contribution in [2.24, 2.45) is 0 Å². The van der Waals surface area contributed by atoms with Crippen LogP contribution >= 0.6 is 0 Å². The quantitative estimate of drug-likeness (QED) is 0.538. The summed E-state index contributed by atoms with van der Waals surface area (Å²) >= 11 is 0. The van der Waals surface area contributed by atoms with E-state index in [2.05, 4.69) is 6.58 Å². The van der Waals surface area contributed by atoms with Crippen molar-refractivity contribution < 1.29 is 4.79 Å². The first-order valence-corrected chi connectivity index (χ1v) is 4.50. The Labute approximate surface area is 84.9 Å². The van der Waals surface area contributed by atoms with Crippen LogP contribution in [0.1, 0.15) is 17.3 Å².